The second-order valence-corrected chi connectivity index (χ2v) is 5.21. The van der Waals surface area contributed by atoms with E-state index in [1.54, 1.807) is 4.90 Å². The van der Waals surface area contributed by atoms with Crippen molar-refractivity contribution in [3.05, 3.63) is 48.1 Å². The maximum Gasteiger partial charge on any atom is 0.316 e. The van der Waals surface area contributed by atoms with E-state index in [0.29, 0.717) is 13.1 Å². The van der Waals surface area contributed by atoms with Crippen molar-refractivity contribution in [3.63, 3.8) is 0 Å². The van der Waals surface area contributed by atoms with E-state index in [-0.39, 0.29) is 23.6 Å². The minimum Gasteiger partial charge on any atom is -0.458 e. The molecule has 0 saturated carbocycles. The van der Waals surface area contributed by atoms with Crippen LogP contribution in [0.25, 0.3) is 0 Å². The Bertz CT molecular complexity index is 696. The molecule has 1 atom stereocenters. The molecule has 23 heavy (non-hydrogen) atoms. The highest BCUT2D eigenvalue weighted by Crippen LogP contribution is 2.17. The average molecular weight is 320 g/mol. The number of piperidine rings is 1. The number of aromatic nitrogens is 3. The number of amides is 1. The fraction of sp³-hybridized carbons (Fsp3) is 0.333. The van der Waals surface area contributed by atoms with Crippen molar-refractivity contribution in [1.82, 2.24) is 19.9 Å². The Morgan fingerprint density at radius 2 is 1.96 bits per heavy atom. The minimum atomic E-state index is -0.555. The number of carbonyl (C=O) groups is 1. The van der Waals surface area contributed by atoms with Crippen LogP contribution in [-0.4, -0.2) is 45.0 Å². The standard InChI is InChI=1S/C15H14F2N4O2/c16-11-4-10(5-18-6-11)14(22)21-3-1-2-13(9-21)23-15-19-7-12(17)8-20-15/h4-8,13H,1-3,9H2. The van der Waals surface area contributed by atoms with Crippen LogP contribution in [0.15, 0.2) is 30.9 Å². The Balaban J connectivity index is 1.66. The molecule has 1 amide bonds. The fourth-order valence-electron chi connectivity index (χ4n) is 2.44. The lowest BCUT2D eigenvalue weighted by Gasteiger charge is -2.32. The van der Waals surface area contributed by atoms with Crippen molar-refractivity contribution in [1.29, 1.82) is 0 Å². The third-order valence-corrected chi connectivity index (χ3v) is 3.49. The van der Waals surface area contributed by atoms with Crippen LogP contribution in [0.3, 0.4) is 0 Å². The highest BCUT2D eigenvalue weighted by atomic mass is 19.1. The van der Waals surface area contributed by atoms with Gasteiger partial charge in [-0.3, -0.25) is 9.78 Å². The van der Waals surface area contributed by atoms with Crippen LogP contribution in [0.2, 0.25) is 0 Å². The van der Waals surface area contributed by atoms with Crippen molar-refractivity contribution in [2.24, 2.45) is 0 Å². The molecular formula is C15H14F2N4O2. The number of hydrogen-bond donors (Lipinski definition) is 0. The van der Waals surface area contributed by atoms with Crippen LogP contribution in [0.5, 0.6) is 6.01 Å². The van der Waals surface area contributed by atoms with E-state index >= 15 is 0 Å². The van der Waals surface area contributed by atoms with Gasteiger partial charge in [-0.2, -0.15) is 0 Å². The quantitative estimate of drug-likeness (QED) is 0.863. The topological polar surface area (TPSA) is 68.2 Å². The number of rotatable bonds is 3. The van der Waals surface area contributed by atoms with Gasteiger partial charge in [-0.1, -0.05) is 0 Å². The normalized spacial score (nSPS) is 17.8. The van der Waals surface area contributed by atoms with E-state index in [4.69, 9.17) is 4.74 Å². The number of carbonyl (C=O) groups excluding carboxylic acids is 1. The molecule has 0 aromatic carbocycles. The first-order chi connectivity index (χ1) is 11.1. The van der Waals surface area contributed by atoms with Crippen LogP contribution in [-0.2, 0) is 0 Å². The van der Waals surface area contributed by atoms with Crippen molar-refractivity contribution in [2.75, 3.05) is 13.1 Å². The Morgan fingerprint density at radius 1 is 1.17 bits per heavy atom. The first kappa shape index (κ1) is 15.3. The Kier molecular flexibility index (Phi) is 4.40. The molecule has 0 N–H and O–H groups in total. The van der Waals surface area contributed by atoms with Crippen LogP contribution >= 0.6 is 0 Å². The number of ether oxygens (including phenoxy) is 1. The second-order valence-electron chi connectivity index (χ2n) is 5.21. The Labute approximate surface area is 131 Å². The highest BCUT2D eigenvalue weighted by Gasteiger charge is 2.26. The molecule has 2 aromatic rings. The molecule has 8 heteroatoms. The van der Waals surface area contributed by atoms with Crippen LogP contribution < -0.4 is 4.74 Å². The molecule has 2 aromatic heterocycles. The summed E-state index contributed by atoms with van der Waals surface area (Å²) >= 11 is 0. The van der Waals surface area contributed by atoms with Crippen molar-refractivity contribution < 1.29 is 18.3 Å². The molecule has 3 rings (SSSR count). The molecule has 1 unspecified atom stereocenters. The third-order valence-electron chi connectivity index (χ3n) is 3.49. The zero-order valence-corrected chi connectivity index (χ0v) is 12.2. The van der Waals surface area contributed by atoms with Crippen LogP contribution in [0.1, 0.15) is 23.2 Å². The number of likely N-dealkylation sites (tertiary alicyclic amines) is 1. The summed E-state index contributed by atoms with van der Waals surface area (Å²) in [5.74, 6) is -1.40. The van der Waals surface area contributed by atoms with Gasteiger partial charge in [0.05, 0.1) is 30.7 Å². The monoisotopic (exact) mass is 320 g/mol. The second kappa shape index (κ2) is 6.64. The SMILES string of the molecule is O=C(c1cncc(F)c1)N1CCCC(Oc2ncc(F)cn2)C1. The molecule has 0 spiro atoms. The third kappa shape index (κ3) is 3.77. The van der Waals surface area contributed by atoms with Gasteiger partial charge in [-0.15, -0.1) is 0 Å². The summed E-state index contributed by atoms with van der Waals surface area (Å²) < 4.78 is 31.5. The molecule has 0 bridgehead atoms. The lowest BCUT2D eigenvalue weighted by atomic mass is 10.1. The summed E-state index contributed by atoms with van der Waals surface area (Å²) in [6, 6.07) is 1.22. The summed E-state index contributed by atoms with van der Waals surface area (Å²) in [7, 11) is 0. The molecule has 6 nitrogen and oxygen atoms in total. The first-order valence-corrected chi connectivity index (χ1v) is 7.16. The molecule has 120 valence electrons. The summed E-state index contributed by atoms with van der Waals surface area (Å²) in [5, 5.41) is 0. The highest BCUT2D eigenvalue weighted by molar-refractivity contribution is 5.94. The lowest BCUT2D eigenvalue weighted by molar-refractivity contribution is 0.0514. The fourth-order valence-corrected chi connectivity index (χ4v) is 2.44. The number of halogens is 2. The predicted molar refractivity (Wildman–Crippen MR) is 75.7 cm³/mol. The van der Waals surface area contributed by atoms with E-state index in [1.807, 2.05) is 0 Å². The van der Waals surface area contributed by atoms with Gasteiger partial charge in [0.15, 0.2) is 5.82 Å². The molecular weight excluding hydrogens is 306 g/mol. The minimum absolute atomic E-state index is 0.0677. The molecule has 0 radical (unpaired) electrons. The zero-order valence-electron chi connectivity index (χ0n) is 12.2. The molecule has 0 aliphatic carbocycles. The van der Waals surface area contributed by atoms with E-state index in [1.165, 1.54) is 6.20 Å². The van der Waals surface area contributed by atoms with Gasteiger partial charge in [0.1, 0.15) is 11.9 Å². The average Bonchev–Trinajstić information content (AvgIpc) is 2.56. The summed E-state index contributed by atoms with van der Waals surface area (Å²) in [6.45, 7) is 0.884. The molecule has 1 aliphatic heterocycles. The van der Waals surface area contributed by atoms with Gasteiger partial charge >= 0.3 is 6.01 Å². The van der Waals surface area contributed by atoms with Gasteiger partial charge in [-0.05, 0) is 18.9 Å². The smallest absolute Gasteiger partial charge is 0.316 e. The number of pyridine rings is 1. The zero-order chi connectivity index (χ0) is 16.2. The summed E-state index contributed by atoms with van der Waals surface area (Å²) in [6.07, 6.45) is 5.59. The van der Waals surface area contributed by atoms with Gasteiger partial charge in [0.25, 0.3) is 5.91 Å². The number of nitrogens with zero attached hydrogens (tertiary/aromatic N) is 4. The van der Waals surface area contributed by atoms with Gasteiger partial charge < -0.3 is 9.64 Å². The van der Waals surface area contributed by atoms with E-state index in [0.717, 1.165) is 37.5 Å². The molecule has 1 aliphatic rings. The summed E-state index contributed by atoms with van der Waals surface area (Å²) in [4.78, 5) is 25.1. The van der Waals surface area contributed by atoms with E-state index < -0.39 is 11.6 Å². The van der Waals surface area contributed by atoms with Gasteiger partial charge in [-0.25, -0.2) is 18.7 Å². The molecule has 3 heterocycles. The predicted octanol–water partition coefficient (Wildman–Crippen LogP) is 1.83. The van der Waals surface area contributed by atoms with Crippen molar-refractivity contribution in [2.45, 2.75) is 18.9 Å². The summed E-state index contributed by atoms with van der Waals surface area (Å²) in [5.41, 5.74) is 0.198. The lowest BCUT2D eigenvalue weighted by Crippen LogP contribution is -2.44. The van der Waals surface area contributed by atoms with E-state index in [9.17, 15) is 13.6 Å². The van der Waals surface area contributed by atoms with Crippen LogP contribution in [0, 0.1) is 11.6 Å². The number of hydrogen-bond acceptors (Lipinski definition) is 5. The molecule has 1 fully saturated rings. The van der Waals surface area contributed by atoms with Gasteiger partial charge in [0, 0.05) is 12.7 Å². The Morgan fingerprint density at radius 3 is 2.70 bits per heavy atom. The Hall–Kier alpha value is -2.64. The van der Waals surface area contributed by atoms with Gasteiger partial charge in [0.2, 0.25) is 0 Å². The maximum absolute atomic E-state index is 13.2. The van der Waals surface area contributed by atoms with Crippen molar-refractivity contribution >= 4 is 5.91 Å². The largest absolute Gasteiger partial charge is 0.458 e. The first-order valence-electron chi connectivity index (χ1n) is 7.16. The molecule has 1 saturated heterocycles. The van der Waals surface area contributed by atoms with Crippen LogP contribution in [0.4, 0.5) is 8.78 Å². The van der Waals surface area contributed by atoms with E-state index in [2.05, 4.69) is 15.0 Å². The maximum atomic E-state index is 13.2. The van der Waals surface area contributed by atoms with Crippen molar-refractivity contribution in [3.8, 4) is 6.01 Å².